The Morgan fingerprint density at radius 1 is 0.810 bits per heavy atom. The standard InChI is InChI=1S/C19H22OS/c1-13(2)15-5-7-16(8-6-15)19(20)17-9-11-18(12-10-17)21-14(3)4/h5-14H,1-4H3. The molecule has 0 bridgehead atoms. The average molecular weight is 298 g/mol. The van der Waals surface area contributed by atoms with Gasteiger partial charge in [0.15, 0.2) is 5.78 Å². The minimum atomic E-state index is 0.0893. The fraction of sp³-hybridized carbons (Fsp3) is 0.316. The molecular formula is C19H22OS. The number of thioether (sulfide) groups is 1. The Bertz CT molecular complexity index is 594. The second-order valence-electron chi connectivity index (χ2n) is 5.80. The number of ketones is 1. The van der Waals surface area contributed by atoms with Gasteiger partial charge in [-0.3, -0.25) is 4.79 Å². The molecule has 0 saturated carbocycles. The summed E-state index contributed by atoms with van der Waals surface area (Å²) in [5.41, 5.74) is 2.76. The number of carbonyl (C=O) groups is 1. The highest BCUT2D eigenvalue weighted by Crippen LogP contribution is 2.24. The number of hydrogen-bond donors (Lipinski definition) is 0. The van der Waals surface area contributed by atoms with E-state index in [4.69, 9.17) is 0 Å². The molecule has 0 spiro atoms. The minimum absolute atomic E-state index is 0.0893. The lowest BCUT2D eigenvalue weighted by Crippen LogP contribution is -2.01. The molecule has 2 aromatic rings. The summed E-state index contributed by atoms with van der Waals surface area (Å²) in [6.07, 6.45) is 0. The molecule has 0 aliphatic rings. The zero-order valence-electron chi connectivity index (χ0n) is 13.1. The zero-order valence-corrected chi connectivity index (χ0v) is 13.9. The second-order valence-corrected chi connectivity index (χ2v) is 7.45. The van der Waals surface area contributed by atoms with Crippen molar-refractivity contribution in [2.75, 3.05) is 0 Å². The van der Waals surface area contributed by atoms with Crippen molar-refractivity contribution in [3.8, 4) is 0 Å². The Morgan fingerprint density at radius 2 is 1.29 bits per heavy atom. The summed E-state index contributed by atoms with van der Waals surface area (Å²) < 4.78 is 0. The summed E-state index contributed by atoms with van der Waals surface area (Å²) in [6.45, 7) is 8.64. The summed E-state index contributed by atoms with van der Waals surface area (Å²) in [5.74, 6) is 0.577. The fourth-order valence-corrected chi connectivity index (χ4v) is 2.98. The molecule has 110 valence electrons. The molecule has 1 nitrogen and oxygen atoms in total. The van der Waals surface area contributed by atoms with Crippen LogP contribution in [0.4, 0.5) is 0 Å². The summed E-state index contributed by atoms with van der Waals surface area (Å²) in [6, 6.07) is 15.8. The largest absolute Gasteiger partial charge is 0.289 e. The molecule has 0 unspecified atom stereocenters. The third-order valence-electron chi connectivity index (χ3n) is 3.33. The van der Waals surface area contributed by atoms with Gasteiger partial charge >= 0.3 is 0 Å². The smallest absolute Gasteiger partial charge is 0.193 e. The van der Waals surface area contributed by atoms with Crippen LogP contribution in [0.5, 0.6) is 0 Å². The number of benzene rings is 2. The van der Waals surface area contributed by atoms with Gasteiger partial charge in [0.05, 0.1) is 0 Å². The lowest BCUT2D eigenvalue weighted by Gasteiger charge is -2.08. The van der Waals surface area contributed by atoms with E-state index < -0.39 is 0 Å². The van der Waals surface area contributed by atoms with Crippen LogP contribution in [0.1, 0.15) is 55.1 Å². The quantitative estimate of drug-likeness (QED) is 0.532. The molecule has 0 heterocycles. The predicted molar refractivity (Wildman–Crippen MR) is 91.4 cm³/mol. The molecule has 0 amide bonds. The van der Waals surface area contributed by atoms with Crippen LogP contribution in [0.15, 0.2) is 53.4 Å². The number of carbonyl (C=O) groups excluding carboxylic acids is 1. The fourth-order valence-electron chi connectivity index (χ4n) is 2.14. The van der Waals surface area contributed by atoms with Crippen LogP contribution >= 0.6 is 11.8 Å². The van der Waals surface area contributed by atoms with Crippen LogP contribution < -0.4 is 0 Å². The van der Waals surface area contributed by atoms with E-state index in [0.717, 1.165) is 11.1 Å². The highest BCUT2D eigenvalue weighted by molar-refractivity contribution is 7.99. The molecule has 2 rings (SSSR count). The molecule has 0 fully saturated rings. The van der Waals surface area contributed by atoms with Crippen LogP contribution in [0.2, 0.25) is 0 Å². The molecule has 0 N–H and O–H groups in total. The van der Waals surface area contributed by atoms with Crippen molar-refractivity contribution in [1.82, 2.24) is 0 Å². The Morgan fingerprint density at radius 3 is 1.71 bits per heavy atom. The molecule has 2 heteroatoms. The zero-order chi connectivity index (χ0) is 15.4. The van der Waals surface area contributed by atoms with Crippen LogP contribution in [-0.2, 0) is 0 Å². The van der Waals surface area contributed by atoms with Crippen LogP contribution in [0, 0.1) is 0 Å². The highest BCUT2D eigenvalue weighted by atomic mass is 32.2. The number of hydrogen-bond acceptors (Lipinski definition) is 2. The van der Waals surface area contributed by atoms with Gasteiger partial charge in [0.25, 0.3) is 0 Å². The van der Waals surface area contributed by atoms with E-state index in [1.165, 1.54) is 10.5 Å². The van der Waals surface area contributed by atoms with Gasteiger partial charge in [0.1, 0.15) is 0 Å². The molecular weight excluding hydrogens is 276 g/mol. The highest BCUT2D eigenvalue weighted by Gasteiger charge is 2.10. The molecule has 21 heavy (non-hydrogen) atoms. The van der Waals surface area contributed by atoms with E-state index in [1.807, 2.05) is 60.3 Å². The first-order chi connectivity index (χ1) is 9.97. The van der Waals surface area contributed by atoms with Crippen molar-refractivity contribution in [3.05, 3.63) is 65.2 Å². The SMILES string of the molecule is CC(C)Sc1ccc(C(=O)c2ccc(C(C)C)cc2)cc1. The number of rotatable bonds is 5. The van der Waals surface area contributed by atoms with Gasteiger partial charge in [-0.1, -0.05) is 52.0 Å². The molecule has 0 aliphatic heterocycles. The van der Waals surface area contributed by atoms with Gasteiger partial charge in [0.2, 0.25) is 0 Å². The van der Waals surface area contributed by atoms with Crippen molar-refractivity contribution in [1.29, 1.82) is 0 Å². The lowest BCUT2D eigenvalue weighted by atomic mass is 9.98. The second kappa shape index (κ2) is 6.95. The van der Waals surface area contributed by atoms with Gasteiger partial charge in [-0.2, -0.15) is 0 Å². The predicted octanol–water partition coefficient (Wildman–Crippen LogP) is 5.54. The van der Waals surface area contributed by atoms with E-state index in [9.17, 15) is 4.79 Å². The molecule has 0 atom stereocenters. The van der Waals surface area contributed by atoms with Gasteiger partial charge in [-0.25, -0.2) is 0 Å². The van der Waals surface area contributed by atoms with E-state index in [1.54, 1.807) is 0 Å². The summed E-state index contributed by atoms with van der Waals surface area (Å²) in [4.78, 5) is 13.7. The Balaban J connectivity index is 2.15. The Hall–Kier alpha value is -1.54. The average Bonchev–Trinajstić information content (AvgIpc) is 2.47. The van der Waals surface area contributed by atoms with E-state index >= 15 is 0 Å². The normalized spacial score (nSPS) is 11.1. The van der Waals surface area contributed by atoms with Crippen molar-refractivity contribution in [3.63, 3.8) is 0 Å². The van der Waals surface area contributed by atoms with Gasteiger partial charge in [-0.05, 0) is 35.7 Å². The Labute approximate surface area is 131 Å². The first-order valence-electron chi connectivity index (χ1n) is 7.38. The van der Waals surface area contributed by atoms with Gasteiger partial charge < -0.3 is 0 Å². The molecule has 0 aromatic heterocycles. The maximum Gasteiger partial charge on any atom is 0.193 e. The van der Waals surface area contributed by atoms with Crippen LogP contribution in [0.3, 0.4) is 0 Å². The van der Waals surface area contributed by atoms with Gasteiger partial charge in [0, 0.05) is 21.3 Å². The molecule has 0 saturated heterocycles. The first kappa shape index (κ1) is 15.8. The van der Waals surface area contributed by atoms with E-state index in [2.05, 4.69) is 27.7 Å². The van der Waals surface area contributed by atoms with Gasteiger partial charge in [-0.15, -0.1) is 11.8 Å². The molecule has 2 aromatic carbocycles. The third-order valence-corrected chi connectivity index (χ3v) is 4.34. The van der Waals surface area contributed by atoms with Crippen molar-refractivity contribution < 1.29 is 4.79 Å². The van der Waals surface area contributed by atoms with Crippen LogP contribution in [-0.4, -0.2) is 11.0 Å². The summed E-state index contributed by atoms with van der Waals surface area (Å²) >= 11 is 1.81. The third kappa shape index (κ3) is 4.21. The maximum absolute atomic E-state index is 12.5. The molecule has 0 radical (unpaired) electrons. The van der Waals surface area contributed by atoms with Crippen molar-refractivity contribution in [2.24, 2.45) is 0 Å². The lowest BCUT2D eigenvalue weighted by molar-refractivity contribution is 0.103. The maximum atomic E-state index is 12.5. The van der Waals surface area contributed by atoms with Crippen LogP contribution in [0.25, 0.3) is 0 Å². The molecule has 0 aliphatic carbocycles. The topological polar surface area (TPSA) is 17.1 Å². The van der Waals surface area contributed by atoms with E-state index in [0.29, 0.717) is 11.2 Å². The first-order valence-corrected chi connectivity index (χ1v) is 8.26. The van der Waals surface area contributed by atoms with E-state index in [-0.39, 0.29) is 5.78 Å². The monoisotopic (exact) mass is 298 g/mol. The summed E-state index contributed by atoms with van der Waals surface area (Å²) in [7, 11) is 0. The van der Waals surface area contributed by atoms with Crippen molar-refractivity contribution in [2.45, 2.75) is 43.8 Å². The summed E-state index contributed by atoms with van der Waals surface area (Å²) in [5, 5.41) is 0.551. The van der Waals surface area contributed by atoms with Crippen molar-refractivity contribution >= 4 is 17.5 Å². The minimum Gasteiger partial charge on any atom is -0.289 e. The Kier molecular flexibility index (Phi) is 5.24.